The van der Waals surface area contributed by atoms with Gasteiger partial charge in [0.15, 0.2) is 0 Å². The lowest BCUT2D eigenvalue weighted by Gasteiger charge is -2.32. The van der Waals surface area contributed by atoms with Crippen LogP contribution in [0.3, 0.4) is 0 Å². The van der Waals surface area contributed by atoms with Gasteiger partial charge in [-0.05, 0) is 44.0 Å². The van der Waals surface area contributed by atoms with E-state index in [1.165, 1.54) is 8.61 Å². The van der Waals surface area contributed by atoms with E-state index in [4.69, 9.17) is 0 Å². The van der Waals surface area contributed by atoms with Crippen LogP contribution in [-0.2, 0) is 20.0 Å². The van der Waals surface area contributed by atoms with Crippen LogP contribution in [0.25, 0.3) is 0 Å². The van der Waals surface area contributed by atoms with Crippen molar-refractivity contribution in [2.45, 2.75) is 4.90 Å². The molecule has 22 heavy (non-hydrogen) atoms. The van der Waals surface area contributed by atoms with Gasteiger partial charge in [0, 0.05) is 35.1 Å². The van der Waals surface area contributed by atoms with Crippen molar-refractivity contribution in [3.63, 3.8) is 0 Å². The van der Waals surface area contributed by atoms with Crippen LogP contribution >= 0.6 is 31.9 Å². The van der Waals surface area contributed by atoms with Crippen molar-refractivity contribution in [2.75, 3.05) is 32.4 Å². The Morgan fingerprint density at radius 1 is 0.955 bits per heavy atom. The minimum atomic E-state index is -3.86. The van der Waals surface area contributed by atoms with Gasteiger partial charge in [0.2, 0.25) is 20.0 Å². The monoisotopic (exact) mass is 478 g/mol. The molecule has 0 bridgehead atoms. The Hall–Kier alpha value is -0.0700. The van der Waals surface area contributed by atoms with Crippen molar-refractivity contribution >= 4 is 51.9 Å². The molecule has 11 heteroatoms. The van der Waals surface area contributed by atoms with Crippen molar-refractivity contribution < 1.29 is 21.2 Å². The molecule has 0 unspecified atom stereocenters. The smallest absolute Gasteiger partial charge is 0.213 e. The quantitative estimate of drug-likeness (QED) is 0.660. The van der Waals surface area contributed by atoms with E-state index in [0.717, 1.165) is 18.4 Å². The molecule has 1 aromatic carbocycles. The van der Waals surface area contributed by atoms with E-state index < -0.39 is 25.9 Å². The molecular formula is C11H13Br2FN2O4S2. The number of nitrogens with zero attached hydrogens (tertiary/aromatic N) is 2. The van der Waals surface area contributed by atoms with Crippen LogP contribution in [0.4, 0.5) is 4.39 Å². The van der Waals surface area contributed by atoms with Crippen LogP contribution in [-0.4, -0.2) is 57.9 Å². The highest BCUT2D eigenvalue weighted by Gasteiger charge is 2.33. The van der Waals surface area contributed by atoms with E-state index in [9.17, 15) is 21.2 Å². The summed E-state index contributed by atoms with van der Waals surface area (Å²) in [6, 6.07) is 2.15. The second-order valence-electron chi connectivity index (χ2n) is 4.76. The first-order valence-electron chi connectivity index (χ1n) is 6.13. The van der Waals surface area contributed by atoms with Crippen molar-refractivity contribution in [1.82, 2.24) is 8.61 Å². The number of hydrogen-bond acceptors (Lipinski definition) is 4. The molecule has 124 valence electrons. The van der Waals surface area contributed by atoms with E-state index in [-0.39, 0.29) is 40.0 Å². The molecule has 0 N–H and O–H groups in total. The standard InChI is InChI=1S/C11H13Br2FN2O4S2/c1-21(17,18)15-2-4-16(5-3-15)22(19,20)11-9(12)6-8(14)7-10(11)13/h6-7H,2-5H2,1H3. The minimum Gasteiger partial charge on any atom is -0.213 e. The average Bonchev–Trinajstić information content (AvgIpc) is 2.36. The molecule has 1 fully saturated rings. The molecule has 0 atom stereocenters. The zero-order valence-electron chi connectivity index (χ0n) is 11.5. The van der Waals surface area contributed by atoms with E-state index in [1.54, 1.807) is 0 Å². The highest BCUT2D eigenvalue weighted by atomic mass is 79.9. The minimum absolute atomic E-state index is 0.0473. The van der Waals surface area contributed by atoms with Crippen molar-refractivity contribution in [1.29, 1.82) is 0 Å². The third-order valence-electron chi connectivity index (χ3n) is 3.23. The van der Waals surface area contributed by atoms with Gasteiger partial charge in [-0.1, -0.05) is 0 Å². The summed E-state index contributed by atoms with van der Waals surface area (Å²) in [7, 11) is -7.20. The zero-order valence-corrected chi connectivity index (χ0v) is 16.3. The van der Waals surface area contributed by atoms with Crippen molar-refractivity contribution in [3.8, 4) is 0 Å². The van der Waals surface area contributed by atoms with E-state index >= 15 is 0 Å². The van der Waals surface area contributed by atoms with Gasteiger partial charge in [-0.2, -0.15) is 8.61 Å². The molecule has 1 aliphatic rings. The maximum atomic E-state index is 13.3. The fourth-order valence-corrected chi connectivity index (χ4v) is 6.84. The van der Waals surface area contributed by atoms with Crippen LogP contribution in [0.5, 0.6) is 0 Å². The molecule has 0 aliphatic carbocycles. The Kier molecular flexibility index (Phi) is 5.35. The Morgan fingerprint density at radius 2 is 1.36 bits per heavy atom. The zero-order chi connectivity index (χ0) is 16.7. The summed E-state index contributed by atoms with van der Waals surface area (Å²) in [5.41, 5.74) is 0. The Morgan fingerprint density at radius 3 is 1.77 bits per heavy atom. The fourth-order valence-electron chi connectivity index (χ4n) is 2.15. The van der Waals surface area contributed by atoms with Gasteiger partial charge in [-0.15, -0.1) is 0 Å². The third-order valence-corrected chi connectivity index (χ3v) is 8.31. The molecular weight excluding hydrogens is 467 g/mol. The predicted octanol–water partition coefficient (Wildman–Crippen LogP) is 1.62. The predicted molar refractivity (Wildman–Crippen MR) is 87.0 cm³/mol. The molecule has 1 saturated heterocycles. The van der Waals surface area contributed by atoms with Gasteiger partial charge in [-0.3, -0.25) is 0 Å². The highest BCUT2D eigenvalue weighted by molar-refractivity contribution is 9.11. The Labute approximate surface area is 145 Å². The van der Waals surface area contributed by atoms with Gasteiger partial charge in [0.1, 0.15) is 10.7 Å². The Balaban J connectivity index is 2.30. The normalized spacial score (nSPS) is 18.5. The van der Waals surface area contributed by atoms with Gasteiger partial charge < -0.3 is 0 Å². The number of piperazine rings is 1. The van der Waals surface area contributed by atoms with Gasteiger partial charge >= 0.3 is 0 Å². The van der Waals surface area contributed by atoms with Gasteiger partial charge in [0.05, 0.1) is 6.26 Å². The second-order valence-corrected chi connectivity index (χ2v) is 10.3. The van der Waals surface area contributed by atoms with Crippen LogP contribution < -0.4 is 0 Å². The molecule has 1 aliphatic heterocycles. The number of halogens is 3. The second kappa shape index (κ2) is 6.44. The largest absolute Gasteiger partial charge is 0.245 e. The lowest BCUT2D eigenvalue weighted by molar-refractivity contribution is 0.274. The maximum absolute atomic E-state index is 13.3. The first-order valence-corrected chi connectivity index (χ1v) is 11.0. The molecule has 6 nitrogen and oxygen atoms in total. The number of benzene rings is 1. The summed E-state index contributed by atoms with van der Waals surface area (Å²) < 4.78 is 64.2. The van der Waals surface area contributed by atoms with Crippen molar-refractivity contribution in [2.24, 2.45) is 0 Å². The van der Waals surface area contributed by atoms with Crippen LogP contribution in [0, 0.1) is 5.82 Å². The number of rotatable bonds is 3. The highest BCUT2D eigenvalue weighted by Crippen LogP contribution is 2.33. The summed E-state index contributed by atoms with van der Waals surface area (Å²) in [6.07, 6.45) is 1.09. The van der Waals surface area contributed by atoms with E-state index in [2.05, 4.69) is 31.9 Å². The summed E-state index contributed by atoms with van der Waals surface area (Å²) in [5, 5.41) is 0. The number of sulfonamides is 2. The van der Waals surface area contributed by atoms with Crippen LogP contribution in [0.15, 0.2) is 26.0 Å². The van der Waals surface area contributed by atoms with Crippen LogP contribution in [0.2, 0.25) is 0 Å². The van der Waals surface area contributed by atoms with Crippen molar-refractivity contribution in [3.05, 3.63) is 26.9 Å². The molecule has 0 saturated carbocycles. The van der Waals surface area contributed by atoms with Crippen LogP contribution in [0.1, 0.15) is 0 Å². The first-order chi connectivity index (χ1) is 10.0. The topological polar surface area (TPSA) is 74.8 Å². The third kappa shape index (κ3) is 3.70. The lowest BCUT2D eigenvalue weighted by Crippen LogP contribution is -2.50. The first kappa shape index (κ1) is 18.3. The maximum Gasteiger partial charge on any atom is 0.245 e. The summed E-state index contributed by atoms with van der Waals surface area (Å²) >= 11 is 6.12. The number of hydrogen-bond donors (Lipinski definition) is 0. The molecule has 1 heterocycles. The SMILES string of the molecule is CS(=O)(=O)N1CCN(S(=O)(=O)c2c(Br)cc(F)cc2Br)CC1. The molecule has 1 aromatic rings. The van der Waals surface area contributed by atoms with Gasteiger partial charge in [-0.25, -0.2) is 21.2 Å². The molecule has 2 rings (SSSR count). The molecule has 0 amide bonds. The molecule has 0 aromatic heterocycles. The molecule has 0 radical (unpaired) electrons. The summed E-state index contributed by atoms with van der Waals surface area (Å²) in [5.74, 6) is -0.570. The van der Waals surface area contributed by atoms with E-state index in [1.807, 2.05) is 0 Å². The summed E-state index contributed by atoms with van der Waals surface area (Å²) in [6.45, 7) is 0.278. The summed E-state index contributed by atoms with van der Waals surface area (Å²) in [4.78, 5) is -0.0679. The van der Waals surface area contributed by atoms with E-state index in [0.29, 0.717) is 0 Å². The lowest BCUT2D eigenvalue weighted by atomic mass is 10.3. The Bertz CT molecular complexity index is 767. The fraction of sp³-hybridized carbons (Fsp3) is 0.455. The molecule has 0 spiro atoms. The van der Waals surface area contributed by atoms with Gasteiger partial charge in [0.25, 0.3) is 0 Å². The average molecular weight is 480 g/mol.